The Kier molecular flexibility index (Phi) is 5.14. The Labute approximate surface area is 127 Å². The first-order valence-corrected chi connectivity index (χ1v) is 6.87. The van der Waals surface area contributed by atoms with Crippen molar-refractivity contribution in [3.05, 3.63) is 53.2 Å². The summed E-state index contributed by atoms with van der Waals surface area (Å²) in [4.78, 5) is 15.0. The van der Waals surface area contributed by atoms with E-state index in [0.29, 0.717) is 16.5 Å². The van der Waals surface area contributed by atoms with Gasteiger partial charge in [-0.3, -0.25) is 4.79 Å². The lowest BCUT2D eigenvalue weighted by Crippen LogP contribution is -2.16. The molecule has 0 radical (unpaired) electrons. The van der Waals surface area contributed by atoms with Crippen LogP contribution in [0.2, 0.25) is 5.02 Å². The van der Waals surface area contributed by atoms with Crippen LogP contribution in [0.25, 0.3) is 0 Å². The van der Waals surface area contributed by atoms with E-state index in [0.717, 1.165) is 5.56 Å². The average molecular weight is 306 g/mol. The molecule has 1 unspecified atom stereocenters. The lowest BCUT2D eigenvalue weighted by Gasteiger charge is -2.15. The van der Waals surface area contributed by atoms with E-state index in [1.54, 1.807) is 18.3 Å². The standard InChI is InChI=1S/C15H16ClN3O2/c16-12-5-4-10(11(9-17)8-15(20)21)7-13(12)19-14-3-1-2-6-18-14/h1-7,11H,8-9,17H2,(H,18,19)(H,20,21). The quantitative estimate of drug-likeness (QED) is 0.763. The van der Waals surface area contributed by atoms with Crippen molar-refractivity contribution in [3.8, 4) is 0 Å². The number of nitrogens with zero attached hydrogens (tertiary/aromatic N) is 1. The van der Waals surface area contributed by atoms with Crippen LogP contribution < -0.4 is 11.1 Å². The molecule has 0 spiro atoms. The number of rotatable bonds is 6. The third-order valence-electron chi connectivity index (χ3n) is 3.09. The maximum absolute atomic E-state index is 10.9. The Morgan fingerprint density at radius 3 is 2.81 bits per heavy atom. The number of pyridine rings is 1. The SMILES string of the molecule is NCC(CC(=O)O)c1ccc(Cl)c(Nc2ccccn2)c1. The van der Waals surface area contributed by atoms with E-state index >= 15 is 0 Å². The van der Waals surface area contributed by atoms with Crippen molar-refractivity contribution >= 4 is 29.1 Å². The molecule has 2 rings (SSSR count). The topological polar surface area (TPSA) is 88.2 Å². The third-order valence-corrected chi connectivity index (χ3v) is 3.42. The van der Waals surface area contributed by atoms with Crippen molar-refractivity contribution in [2.24, 2.45) is 5.73 Å². The van der Waals surface area contributed by atoms with Gasteiger partial charge < -0.3 is 16.2 Å². The van der Waals surface area contributed by atoms with E-state index in [1.807, 2.05) is 24.3 Å². The molecule has 2 aromatic rings. The number of nitrogens with two attached hydrogens (primary N) is 1. The van der Waals surface area contributed by atoms with Crippen LogP contribution in [0.4, 0.5) is 11.5 Å². The van der Waals surface area contributed by atoms with Crippen molar-refractivity contribution in [1.29, 1.82) is 0 Å². The molecule has 0 bridgehead atoms. The number of hydrogen-bond donors (Lipinski definition) is 3. The summed E-state index contributed by atoms with van der Waals surface area (Å²) < 4.78 is 0. The van der Waals surface area contributed by atoms with E-state index in [9.17, 15) is 4.79 Å². The van der Waals surface area contributed by atoms with E-state index in [4.69, 9.17) is 22.4 Å². The molecular weight excluding hydrogens is 290 g/mol. The van der Waals surface area contributed by atoms with Crippen LogP contribution in [0.5, 0.6) is 0 Å². The van der Waals surface area contributed by atoms with Crippen molar-refractivity contribution in [3.63, 3.8) is 0 Å². The summed E-state index contributed by atoms with van der Waals surface area (Å²) in [5.74, 6) is -0.456. The monoisotopic (exact) mass is 305 g/mol. The molecule has 0 aliphatic carbocycles. The Balaban J connectivity index is 2.26. The summed E-state index contributed by atoms with van der Waals surface area (Å²) in [7, 11) is 0. The fourth-order valence-corrected chi connectivity index (χ4v) is 2.18. The molecule has 1 aromatic carbocycles. The molecule has 0 aliphatic rings. The van der Waals surface area contributed by atoms with Crippen molar-refractivity contribution in [2.75, 3.05) is 11.9 Å². The highest BCUT2D eigenvalue weighted by Gasteiger charge is 2.15. The lowest BCUT2D eigenvalue weighted by atomic mass is 9.95. The summed E-state index contributed by atoms with van der Waals surface area (Å²) in [6.45, 7) is 0.261. The molecule has 0 amide bonds. The Morgan fingerprint density at radius 1 is 1.38 bits per heavy atom. The molecule has 0 aliphatic heterocycles. The predicted molar refractivity (Wildman–Crippen MR) is 83.0 cm³/mol. The molecule has 1 aromatic heterocycles. The van der Waals surface area contributed by atoms with Gasteiger partial charge in [-0.25, -0.2) is 4.98 Å². The number of carbonyl (C=O) groups is 1. The number of carboxylic acid groups (broad SMARTS) is 1. The van der Waals surface area contributed by atoms with Gasteiger partial charge in [0.2, 0.25) is 0 Å². The van der Waals surface area contributed by atoms with Gasteiger partial charge in [0.1, 0.15) is 5.82 Å². The number of halogens is 1. The Morgan fingerprint density at radius 2 is 2.19 bits per heavy atom. The van der Waals surface area contributed by atoms with Gasteiger partial charge in [0.15, 0.2) is 0 Å². The van der Waals surface area contributed by atoms with Crippen LogP contribution in [0, 0.1) is 0 Å². The zero-order valence-electron chi connectivity index (χ0n) is 11.3. The largest absolute Gasteiger partial charge is 0.481 e. The number of nitrogens with one attached hydrogen (secondary N) is 1. The van der Waals surface area contributed by atoms with E-state index in [2.05, 4.69) is 10.3 Å². The van der Waals surface area contributed by atoms with Gasteiger partial charge in [-0.2, -0.15) is 0 Å². The van der Waals surface area contributed by atoms with E-state index < -0.39 is 5.97 Å². The zero-order valence-corrected chi connectivity index (χ0v) is 12.0. The molecule has 1 heterocycles. The van der Waals surface area contributed by atoms with Gasteiger partial charge >= 0.3 is 5.97 Å². The Bertz CT molecular complexity index is 620. The zero-order chi connectivity index (χ0) is 15.2. The third kappa shape index (κ3) is 4.18. The maximum Gasteiger partial charge on any atom is 0.304 e. The summed E-state index contributed by atoms with van der Waals surface area (Å²) in [5.41, 5.74) is 7.18. The minimum absolute atomic E-state index is 0.0127. The maximum atomic E-state index is 10.9. The first kappa shape index (κ1) is 15.3. The second-order valence-electron chi connectivity index (χ2n) is 4.61. The second kappa shape index (κ2) is 7.06. The van der Waals surface area contributed by atoms with Crippen LogP contribution in [0.1, 0.15) is 17.9 Å². The summed E-state index contributed by atoms with van der Waals surface area (Å²) in [6.07, 6.45) is 1.66. The number of benzene rings is 1. The first-order chi connectivity index (χ1) is 10.1. The molecule has 110 valence electrons. The van der Waals surface area contributed by atoms with Crippen LogP contribution in [0.15, 0.2) is 42.6 Å². The molecule has 1 atom stereocenters. The fourth-order valence-electron chi connectivity index (χ4n) is 2.02. The number of hydrogen-bond acceptors (Lipinski definition) is 4. The number of aromatic nitrogens is 1. The molecule has 0 saturated heterocycles. The first-order valence-electron chi connectivity index (χ1n) is 6.49. The van der Waals surface area contributed by atoms with Crippen LogP contribution >= 0.6 is 11.6 Å². The van der Waals surface area contributed by atoms with Gasteiger partial charge in [0.25, 0.3) is 0 Å². The number of anilines is 2. The highest BCUT2D eigenvalue weighted by Crippen LogP contribution is 2.29. The second-order valence-corrected chi connectivity index (χ2v) is 5.02. The molecule has 0 saturated carbocycles. The van der Waals surface area contributed by atoms with Gasteiger partial charge in [0.05, 0.1) is 17.1 Å². The lowest BCUT2D eigenvalue weighted by molar-refractivity contribution is -0.137. The van der Waals surface area contributed by atoms with Crippen molar-refractivity contribution in [1.82, 2.24) is 4.98 Å². The van der Waals surface area contributed by atoms with Gasteiger partial charge in [0, 0.05) is 12.1 Å². The predicted octanol–water partition coefficient (Wildman–Crippen LogP) is 3.00. The normalized spacial score (nSPS) is 11.9. The molecule has 21 heavy (non-hydrogen) atoms. The summed E-state index contributed by atoms with van der Waals surface area (Å²) in [5, 5.41) is 12.6. The molecule has 5 nitrogen and oxygen atoms in total. The highest BCUT2D eigenvalue weighted by molar-refractivity contribution is 6.33. The minimum Gasteiger partial charge on any atom is -0.481 e. The van der Waals surface area contributed by atoms with Gasteiger partial charge in [-0.1, -0.05) is 23.7 Å². The molecular formula is C15H16ClN3O2. The van der Waals surface area contributed by atoms with Gasteiger partial charge in [-0.05, 0) is 36.4 Å². The summed E-state index contributed by atoms with van der Waals surface area (Å²) >= 11 is 6.16. The van der Waals surface area contributed by atoms with Crippen LogP contribution in [-0.4, -0.2) is 22.6 Å². The number of aliphatic carboxylic acids is 1. The highest BCUT2D eigenvalue weighted by atomic mass is 35.5. The van der Waals surface area contributed by atoms with Crippen LogP contribution in [0.3, 0.4) is 0 Å². The Hall–Kier alpha value is -2.11. The number of carboxylic acids is 1. The van der Waals surface area contributed by atoms with Crippen LogP contribution in [-0.2, 0) is 4.79 Å². The summed E-state index contributed by atoms with van der Waals surface area (Å²) in [6, 6.07) is 10.8. The smallest absolute Gasteiger partial charge is 0.304 e. The van der Waals surface area contributed by atoms with Crippen molar-refractivity contribution in [2.45, 2.75) is 12.3 Å². The van der Waals surface area contributed by atoms with E-state index in [-0.39, 0.29) is 18.9 Å². The van der Waals surface area contributed by atoms with Crippen molar-refractivity contribution < 1.29 is 9.90 Å². The van der Waals surface area contributed by atoms with E-state index in [1.165, 1.54) is 0 Å². The molecule has 6 heteroatoms. The molecule has 4 N–H and O–H groups in total. The molecule has 0 fully saturated rings. The average Bonchev–Trinajstić information content (AvgIpc) is 2.48. The minimum atomic E-state index is -0.875. The fraction of sp³-hybridized carbons (Fsp3) is 0.200. The van der Waals surface area contributed by atoms with Gasteiger partial charge in [-0.15, -0.1) is 0 Å².